The van der Waals surface area contributed by atoms with Crippen LogP contribution in [0.25, 0.3) is 11.3 Å². The number of aliphatic hydroxyl groups is 1. The Bertz CT molecular complexity index is 1480. The van der Waals surface area contributed by atoms with Crippen LogP contribution in [0.1, 0.15) is 36.0 Å². The number of aliphatic hydroxyl groups excluding tert-OH is 1. The number of para-hydroxylation sites is 1. The summed E-state index contributed by atoms with van der Waals surface area (Å²) in [4.78, 5) is 30.0. The highest BCUT2D eigenvalue weighted by atomic mass is 35.5. The lowest BCUT2D eigenvalue weighted by Gasteiger charge is -2.26. The van der Waals surface area contributed by atoms with Gasteiger partial charge in [-0.1, -0.05) is 35.9 Å². The van der Waals surface area contributed by atoms with Gasteiger partial charge in [0.05, 0.1) is 16.7 Å². The highest BCUT2D eigenvalue weighted by Gasteiger charge is 2.23. The van der Waals surface area contributed by atoms with E-state index in [-0.39, 0.29) is 45.6 Å². The highest BCUT2D eigenvalue weighted by Crippen LogP contribution is 2.28. The van der Waals surface area contributed by atoms with Crippen LogP contribution in [-0.4, -0.2) is 46.8 Å². The smallest absolute Gasteiger partial charge is 0.269 e. The predicted molar refractivity (Wildman–Crippen MR) is 154 cm³/mol. The molecule has 3 aromatic rings. The molecule has 2 aromatic carbocycles. The monoisotopic (exact) mass is 582 g/mol. The van der Waals surface area contributed by atoms with Crippen LogP contribution in [0.5, 0.6) is 0 Å². The molecule has 0 spiro atoms. The Balaban J connectivity index is 1.58. The number of rotatable bonds is 9. The molecule has 1 fully saturated rings. The molecule has 12 heteroatoms. The van der Waals surface area contributed by atoms with Gasteiger partial charge in [0.15, 0.2) is 17.5 Å². The average Bonchev–Trinajstić information content (AvgIpc) is 2.95. The number of carbonyl (C=O) groups excluding carboxylic acids is 2. The number of benzene rings is 2. The van der Waals surface area contributed by atoms with Crippen molar-refractivity contribution >= 4 is 40.6 Å². The molecule has 0 unspecified atom stereocenters. The summed E-state index contributed by atoms with van der Waals surface area (Å²) in [5, 5.41) is 29.0. The maximum atomic E-state index is 14.6. The molecule has 0 bridgehead atoms. The molecular weight excluding hydrogens is 554 g/mol. The number of amides is 2. The van der Waals surface area contributed by atoms with E-state index in [9.17, 15) is 23.5 Å². The standard InChI is InChI=1S/C29H29ClF2N6O3/c1-34-27-23(32)14-22(31)26(38-27)16-7-12-21(30)20(13-16)28(40)37-25(35-17-5-3-2-4-6-17)15-24(33)29(41)36-18-8-10-19(39)11-9-18/h2-7,12-15,18-19,33,35,39H,8-11H2,1H3,(H,34,38)(H,36,41)(H,37,40)/b25-15+,33-24?/t18-,19+. The number of nitrogens with one attached hydrogen (secondary N) is 5. The van der Waals surface area contributed by atoms with E-state index in [0.717, 1.165) is 0 Å². The Morgan fingerprint density at radius 2 is 1.76 bits per heavy atom. The van der Waals surface area contributed by atoms with Gasteiger partial charge in [-0.05, 0) is 49.9 Å². The number of hydrogen-bond acceptors (Lipinski definition) is 7. The Hall–Kier alpha value is -4.35. The number of nitrogens with zero attached hydrogens (tertiary/aromatic N) is 1. The molecule has 1 aliphatic carbocycles. The molecule has 6 N–H and O–H groups in total. The van der Waals surface area contributed by atoms with E-state index in [0.29, 0.717) is 37.4 Å². The zero-order valence-electron chi connectivity index (χ0n) is 22.1. The summed E-state index contributed by atoms with van der Waals surface area (Å²) in [6.45, 7) is 0. The third kappa shape index (κ3) is 7.65. The Morgan fingerprint density at radius 3 is 2.44 bits per heavy atom. The highest BCUT2D eigenvalue weighted by molar-refractivity contribution is 6.42. The first-order valence-corrected chi connectivity index (χ1v) is 13.3. The van der Waals surface area contributed by atoms with E-state index in [1.54, 1.807) is 30.3 Å². The first-order valence-electron chi connectivity index (χ1n) is 12.9. The molecule has 2 amide bonds. The summed E-state index contributed by atoms with van der Waals surface area (Å²) in [7, 11) is 1.44. The number of hydrogen-bond donors (Lipinski definition) is 6. The summed E-state index contributed by atoms with van der Waals surface area (Å²) >= 11 is 6.31. The molecule has 0 radical (unpaired) electrons. The fourth-order valence-electron chi connectivity index (χ4n) is 4.35. The van der Waals surface area contributed by atoms with Crippen LogP contribution in [0.15, 0.2) is 66.5 Å². The van der Waals surface area contributed by atoms with Crippen molar-refractivity contribution in [1.82, 2.24) is 15.6 Å². The van der Waals surface area contributed by atoms with Crippen molar-refractivity contribution in [2.75, 3.05) is 17.7 Å². The molecule has 0 saturated heterocycles. The molecule has 0 atom stereocenters. The lowest BCUT2D eigenvalue weighted by molar-refractivity contribution is -0.115. The van der Waals surface area contributed by atoms with E-state index in [1.165, 1.54) is 31.3 Å². The minimum atomic E-state index is -0.923. The molecular formula is C29H29ClF2N6O3. The van der Waals surface area contributed by atoms with Gasteiger partial charge in [-0.3, -0.25) is 15.0 Å². The van der Waals surface area contributed by atoms with Crippen LogP contribution in [-0.2, 0) is 4.79 Å². The van der Waals surface area contributed by atoms with Gasteiger partial charge in [-0.2, -0.15) is 0 Å². The van der Waals surface area contributed by atoms with E-state index in [2.05, 4.69) is 26.3 Å². The van der Waals surface area contributed by atoms with Crippen LogP contribution in [0, 0.1) is 17.0 Å². The van der Waals surface area contributed by atoms with Crippen LogP contribution in [0.2, 0.25) is 5.02 Å². The van der Waals surface area contributed by atoms with Crippen LogP contribution < -0.4 is 21.3 Å². The predicted octanol–water partition coefficient (Wildman–Crippen LogP) is 4.84. The van der Waals surface area contributed by atoms with Crippen molar-refractivity contribution in [2.45, 2.75) is 37.8 Å². The molecule has 1 saturated carbocycles. The van der Waals surface area contributed by atoms with Gasteiger partial charge >= 0.3 is 0 Å². The van der Waals surface area contributed by atoms with Gasteiger partial charge in [0.25, 0.3) is 11.8 Å². The van der Waals surface area contributed by atoms with Crippen molar-refractivity contribution in [3.63, 3.8) is 0 Å². The number of anilines is 2. The molecule has 1 heterocycles. The van der Waals surface area contributed by atoms with Crippen LogP contribution in [0.4, 0.5) is 20.3 Å². The van der Waals surface area contributed by atoms with E-state index in [4.69, 9.17) is 17.0 Å². The maximum Gasteiger partial charge on any atom is 0.269 e. The van der Waals surface area contributed by atoms with Gasteiger partial charge in [-0.15, -0.1) is 0 Å². The number of carbonyl (C=O) groups is 2. The van der Waals surface area contributed by atoms with E-state index in [1.807, 2.05) is 0 Å². The average molecular weight is 583 g/mol. The molecule has 41 heavy (non-hydrogen) atoms. The quantitative estimate of drug-likeness (QED) is 0.200. The topological polar surface area (TPSA) is 139 Å². The van der Waals surface area contributed by atoms with Crippen molar-refractivity contribution in [3.8, 4) is 11.3 Å². The second-order valence-electron chi connectivity index (χ2n) is 9.49. The molecule has 0 aliphatic heterocycles. The maximum absolute atomic E-state index is 14.6. The summed E-state index contributed by atoms with van der Waals surface area (Å²) in [5.41, 5.74) is 0.115. The minimum absolute atomic E-state index is 0.0189. The zero-order valence-corrected chi connectivity index (χ0v) is 22.9. The van der Waals surface area contributed by atoms with Gasteiger partial charge < -0.3 is 26.4 Å². The summed E-state index contributed by atoms with van der Waals surface area (Å²) < 4.78 is 28.5. The molecule has 214 valence electrons. The first-order chi connectivity index (χ1) is 19.6. The van der Waals surface area contributed by atoms with E-state index < -0.39 is 29.2 Å². The Labute approximate surface area is 240 Å². The zero-order chi connectivity index (χ0) is 29.5. The fourth-order valence-corrected chi connectivity index (χ4v) is 4.56. The molecule has 9 nitrogen and oxygen atoms in total. The molecule has 1 aromatic heterocycles. The minimum Gasteiger partial charge on any atom is -0.393 e. The second-order valence-corrected chi connectivity index (χ2v) is 9.90. The fraction of sp³-hybridized carbons (Fsp3) is 0.241. The third-order valence-corrected chi connectivity index (χ3v) is 6.85. The van der Waals surface area contributed by atoms with Crippen molar-refractivity contribution in [3.05, 3.63) is 88.7 Å². The van der Waals surface area contributed by atoms with Crippen molar-refractivity contribution in [2.24, 2.45) is 0 Å². The number of aromatic nitrogens is 1. The summed E-state index contributed by atoms with van der Waals surface area (Å²) in [6, 6.07) is 13.5. The van der Waals surface area contributed by atoms with Crippen molar-refractivity contribution in [1.29, 1.82) is 5.41 Å². The normalized spacial score (nSPS) is 17.0. The SMILES string of the molecule is CNc1nc(-c2ccc(Cl)c(C(=O)N/C(=C/C(=N)C(=O)N[C@H]3CC[C@@H](O)CC3)Nc3ccccc3)c2)c(F)cc1F. The van der Waals surface area contributed by atoms with E-state index >= 15 is 0 Å². The second kappa shape index (κ2) is 13.3. The van der Waals surface area contributed by atoms with Gasteiger partial charge in [0.2, 0.25) is 0 Å². The Morgan fingerprint density at radius 1 is 1.05 bits per heavy atom. The summed E-state index contributed by atoms with van der Waals surface area (Å²) in [5.74, 6) is -3.28. The van der Waals surface area contributed by atoms with Gasteiger partial charge in [0.1, 0.15) is 17.2 Å². The van der Waals surface area contributed by atoms with Gasteiger partial charge in [0, 0.05) is 36.5 Å². The van der Waals surface area contributed by atoms with Crippen LogP contribution in [0.3, 0.4) is 0 Å². The largest absolute Gasteiger partial charge is 0.393 e. The Kier molecular flexibility index (Phi) is 9.64. The third-order valence-electron chi connectivity index (χ3n) is 6.52. The summed E-state index contributed by atoms with van der Waals surface area (Å²) in [6.07, 6.45) is 3.13. The van der Waals surface area contributed by atoms with Crippen molar-refractivity contribution < 1.29 is 23.5 Å². The number of pyridine rings is 1. The van der Waals surface area contributed by atoms with Gasteiger partial charge in [-0.25, -0.2) is 13.8 Å². The van der Waals surface area contributed by atoms with Crippen LogP contribution >= 0.6 is 11.6 Å². The lowest BCUT2D eigenvalue weighted by Crippen LogP contribution is -2.41. The molecule has 1 aliphatic rings. The number of halogens is 3. The lowest BCUT2D eigenvalue weighted by atomic mass is 9.93. The molecule has 4 rings (SSSR count). The first kappa shape index (κ1) is 29.6.